The average Bonchev–Trinajstić information content (AvgIpc) is 2.82. The van der Waals surface area contributed by atoms with Crippen LogP contribution in [0.4, 0.5) is 5.69 Å². The quantitative estimate of drug-likeness (QED) is 0.846. The van der Waals surface area contributed by atoms with Crippen molar-refractivity contribution in [2.24, 2.45) is 0 Å². The maximum Gasteiger partial charge on any atom is 0.0556 e. The molecule has 1 aromatic heterocycles. The standard InChI is InChI=1S/C15H16N2/c1-2-11-3-4-14-13(9-11)10-15(17-14)12-5-7-16-8-6-12/h3-9,15,17H,2,10H2,1H3. The lowest BCUT2D eigenvalue weighted by atomic mass is 10.0. The topological polar surface area (TPSA) is 24.9 Å². The van der Waals surface area contributed by atoms with Gasteiger partial charge in [0.2, 0.25) is 0 Å². The Bertz CT molecular complexity index is 520. The van der Waals surface area contributed by atoms with E-state index in [0.717, 1.165) is 12.8 Å². The highest BCUT2D eigenvalue weighted by molar-refractivity contribution is 5.59. The Morgan fingerprint density at radius 2 is 2.06 bits per heavy atom. The zero-order chi connectivity index (χ0) is 11.7. The molecule has 1 unspecified atom stereocenters. The van der Waals surface area contributed by atoms with E-state index in [0.29, 0.717) is 6.04 Å². The Labute approximate surface area is 102 Å². The molecule has 1 atom stereocenters. The van der Waals surface area contributed by atoms with E-state index in [-0.39, 0.29) is 0 Å². The molecule has 2 aromatic rings. The summed E-state index contributed by atoms with van der Waals surface area (Å²) >= 11 is 0. The van der Waals surface area contributed by atoms with Crippen LogP contribution in [0.25, 0.3) is 0 Å². The number of nitrogens with zero attached hydrogens (tertiary/aromatic N) is 1. The third kappa shape index (κ3) is 1.91. The van der Waals surface area contributed by atoms with Gasteiger partial charge in [0.15, 0.2) is 0 Å². The average molecular weight is 224 g/mol. The van der Waals surface area contributed by atoms with Gasteiger partial charge in [0, 0.05) is 18.1 Å². The molecule has 2 heteroatoms. The Kier molecular flexibility index (Phi) is 2.56. The number of aryl methyl sites for hydroxylation is 1. The zero-order valence-electron chi connectivity index (χ0n) is 9.98. The third-order valence-electron chi connectivity index (χ3n) is 3.44. The molecule has 3 rings (SSSR count). The first-order chi connectivity index (χ1) is 8.36. The van der Waals surface area contributed by atoms with E-state index in [2.05, 4.69) is 47.6 Å². The van der Waals surface area contributed by atoms with Crippen LogP contribution in [0.5, 0.6) is 0 Å². The molecule has 0 radical (unpaired) electrons. The highest BCUT2D eigenvalue weighted by Crippen LogP contribution is 2.34. The second-order valence-electron chi connectivity index (χ2n) is 4.53. The number of pyridine rings is 1. The molecule has 0 saturated heterocycles. The van der Waals surface area contributed by atoms with Crippen molar-refractivity contribution in [3.8, 4) is 0 Å². The van der Waals surface area contributed by atoms with E-state index < -0.39 is 0 Å². The van der Waals surface area contributed by atoms with E-state index in [1.54, 1.807) is 0 Å². The van der Waals surface area contributed by atoms with Crippen LogP contribution in [0.1, 0.15) is 29.7 Å². The Balaban J connectivity index is 1.88. The van der Waals surface area contributed by atoms with Gasteiger partial charge in [-0.3, -0.25) is 4.98 Å². The first-order valence-electron chi connectivity index (χ1n) is 6.15. The number of fused-ring (bicyclic) bond motifs is 1. The summed E-state index contributed by atoms with van der Waals surface area (Å²) in [5.74, 6) is 0. The van der Waals surface area contributed by atoms with Gasteiger partial charge in [-0.2, -0.15) is 0 Å². The Morgan fingerprint density at radius 3 is 2.82 bits per heavy atom. The van der Waals surface area contributed by atoms with E-state index >= 15 is 0 Å². The summed E-state index contributed by atoms with van der Waals surface area (Å²) < 4.78 is 0. The minimum atomic E-state index is 0.403. The molecule has 86 valence electrons. The minimum Gasteiger partial charge on any atom is -0.378 e. The molecular formula is C15H16N2. The molecule has 1 aromatic carbocycles. The summed E-state index contributed by atoms with van der Waals surface area (Å²) in [4.78, 5) is 4.07. The van der Waals surface area contributed by atoms with Gasteiger partial charge in [0.05, 0.1) is 6.04 Å². The molecule has 0 saturated carbocycles. The fourth-order valence-corrected chi connectivity index (χ4v) is 2.43. The van der Waals surface area contributed by atoms with Crippen molar-refractivity contribution in [2.75, 3.05) is 5.32 Å². The number of benzene rings is 1. The number of anilines is 1. The van der Waals surface area contributed by atoms with Crippen molar-refractivity contribution in [3.63, 3.8) is 0 Å². The molecular weight excluding hydrogens is 208 g/mol. The highest BCUT2D eigenvalue weighted by atomic mass is 14.9. The van der Waals surface area contributed by atoms with Crippen LogP contribution in [0.15, 0.2) is 42.7 Å². The molecule has 1 aliphatic rings. The van der Waals surface area contributed by atoms with Crippen LogP contribution in [0.3, 0.4) is 0 Å². The van der Waals surface area contributed by atoms with Gasteiger partial charge in [-0.15, -0.1) is 0 Å². The van der Waals surface area contributed by atoms with E-state index in [4.69, 9.17) is 0 Å². The van der Waals surface area contributed by atoms with Crippen molar-refractivity contribution < 1.29 is 0 Å². The number of aromatic nitrogens is 1. The smallest absolute Gasteiger partial charge is 0.0556 e. The Morgan fingerprint density at radius 1 is 1.24 bits per heavy atom. The predicted molar refractivity (Wildman–Crippen MR) is 70.1 cm³/mol. The molecule has 0 aliphatic carbocycles. The van der Waals surface area contributed by atoms with Crippen molar-refractivity contribution >= 4 is 5.69 Å². The van der Waals surface area contributed by atoms with Gasteiger partial charge >= 0.3 is 0 Å². The Hall–Kier alpha value is -1.83. The van der Waals surface area contributed by atoms with Crippen molar-refractivity contribution in [1.82, 2.24) is 4.98 Å². The fraction of sp³-hybridized carbons (Fsp3) is 0.267. The normalized spacial score (nSPS) is 17.6. The molecule has 0 amide bonds. The van der Waals surface area contributed by atoms with Crippen LogP contribution >= 0.6 is 0 Å². The summed E-state index contributed by atoms with van der Waals surface area (Å²) in [5, 5.41) is 3.57. The van der Waals surface area contributed by atoms with Gasteiger partial charge < -0.3 is 5.32 Å². The maximum atomic E-state index is 4.07. The number of hydrogen-bond acceptors (Lipinski definition) is 2. The molecule has 0 fully saturated rings. The molecule has 17 heavy (non-hydrogen) atoms. The molecule has 1 N–H and O–H groups in total. The van der Waals surface area contributed by atoms with Crippen LogP contribution in [-0.4, -0.2) is 4.98 Å². The monoisotopic (exact) mass is 224 g/mol. The van der Waals surface area contributed by atoms with Crippen LogP contribution in [0.2, 0.25) is 0 Å². The lowest BCUT2D eigenvalue weighted by Crippen LogP contribution is -2.05. The fourth-order valence-electron chi connectivity index (χ4n) is 2.43. The summed E-state index contributed by atoms with van der Waals surface area (Å²) in [5.41, 5.74) is 5.45. The first-order valence-corrected chi connectivity index (χ1v) is 6.15. The van der Waals surface area contributed by atoms with Gasteiger partial charge in [0.25, 0.3) is 0 Å². The predicted octanol–water partition coefficient (Wildman–Crippen LogP) is 3.35. The van der Waals surface area contributed by atoms with Crippen LogP contribution < -0.4 is 5.32 Å². The third-order valence-corrected chi connectivity index (χ3v) is 3.44. The van der Waals surface area contributed by atoms with Gasteiger partial charge in [-0.05, 0) is 47.7 Å². The molecule has 2 heterocycles. The largest absolute Gasteiger partial charge is 0.378 e. The van der Waals surface area contributed by atoms with E-state index in [1.807, 2.05) is 12.4 Å². The lowest BCUT2D eigenvalue weighted by molar-refractivity contribution is 0.821. The van der Waals surface area contributed by atoms with Gasteiger partial charge in [0.1, 0.15) is 0 Å². The van der Waals surface area contributed by atoms with Gasteiger partial charge in [-0.1, -0.05) is 19.1 Å². The van der Waals surface area contributed by atoms with E-state index in [9.17, 15) is 0 Å². The zero-order valence-corrected chi connectivity index (χ0v) is 9.98. The second-order valence-corrected chi connectivity index (χ2v) is 4.53. The maximum absolute atomic E-state index is 4.07. The number of nitrogens with one attached hydrogen (secondary N) is 1. The number of hydrogen-bond donors (Lipinski definition) is 1. The summed E-state index contributed by atoms with van der Waals surface area (Å²) in [6.45, 7) is 2.20. The summed E-state index contributed by atoms with van der Waals surface area (Å²) in [7, 11) is 0. The van der Waals surface area contributed by atoms with Gasteiger partial charge in [-0.25, -0.2) is 0 Å². The van der Waals surface area contributed by atoms with Crippen LogP contribution in [-0.2, 0) is 12.8 Å². The first kappa shape index (κ1) is 10.3. The molecule has 2 nitrogen and oxygen atoms in total. The number of rotatable bonds is 2. The lowest BCUT2D eigenvalue weighted by Gasteiger charge is -2.10. The minimum absolute atomic E-state index is 0.403. The summed E-state index contributed by atoms with van der Waals surface area (Å²) in [6.07, 6.45) is 5.90. The highest BCUT2D eigenvalue weighted by Gasteiger charge is 2.21. The van der Waals surface area contributed by atoms with Crippen molar-refractivity contribution in [1.29, 1.82) is 0 Å². The van der Waals surface area contributed by atoms with Crippen LogP contribution in [0, 0.1) is 0 Å². The van der Waals surface area contributed by atoms with Crippen molar-refractivity contribution in [3.05, 3.63) is 59.4 Å². The molecule has 0 bridgehead atoms. The molecule has 0 spiro atoms. The summed E-state index contributed by atoms with van der Waals surface area (Å²) in [6, 6.07) is 11.3. The van der Waals surface area contributed by atoms with E-state index in [1.165, 1.54) is 22.4 Å². The molecule has 1 aliphatic heterocycles. The van der Waals surface area contributed by atoms with Crippen molar-refractivity contribution in [2.45, 2.75) is 25.8 Å². The SMILES string of the molecule is CCc1ccc2c(c1)CC(c1ccncc1)N2. The second kappa shape index (κ2) is 4.21.